The van der Waals surface area contributed by atoms with Crippen molar-refractivity contribution in [2.45, 2.75) is 12.5 Å². The molecule has 0 aliphatic rings. The minimum absolute atomic E-state index is 0.498. The summed E-state index contributed by atoms with van der Waals surface area (Å²) in [5, 5.41) is 10.3. The first-order chi connectivity index (χ1) is 9.24. The molecule has 0 saturated carbocycles. The molecule has 1 atom stereocenters. The molecule has 19 heavy (non-hydrogen) atoms. The predicted molar refractivity (Wildman–Crippen MR) is 72.4 cm³/mol. The Hall–Kier alpha value is -2.07. The normalized spacial score (nSPS) is 11.9. The summed E-state index contributed by atoms with van der Waals surface area (Å²) in [5.41, 5.74) is 1.74. The van der Waals surface area contributed by atoms with Crippen LogP contribution in [0, 0.1) is 0 Å². The van der Waals surface area contributed by atoms with Crippen LogP contribution in [0.15, 0.2) is 42.7 Å². The van der Waals surface area contributed by atoms with Gasteiger partial charge in [0.15, 0.2) is 0 Å². The van der Waals surface area contributed by atoms with Crippen LogP contribution in [0.3, 0.4) is 0 Å². The van der Waals surface area contributed by atoms with Gasteiger partial charge in [-0.05, 0) is 23.8 Å². The highest BCUT2D eigenvalue weighted by Gasteiger charge is 2.14. The van der Waals surface area contributed by atoms with E-state index in [0.717, 1.165) is 16.9 Å². The van der Waals surface area contributed by atoms with Crippen molar-refractivity contribution in [1.29, 1.82) is 0 Å². The average Bonchev–Trinajstić information content (AvgIpc) is 2.47. The van der Waals surface area contributed by atoms with Gasteiger partial charge in [-0.1, -0.05) is 12.1 Å². The van der Waals surface area contributed by atoms with Gasteiger partial charge in [0, 0.05) is 18.2 Å². The Kier molecular flexibility index (Phi) is 4.36. The van der Waals surface area contributed by atoms with Crippen molar-refractivity contribution in [3.8, 4) is 11.5 Å². The number of methoxy groups -OCH3 is 2. The summed E-state index contributed by atoms with van der Waals surface area (Å²) in [6, 6.07) is 9.42. The molecular formula is C15H17NO3. The highest BCUT2D eigenvalue weighted by Crippen LogP contribution is 2.27. The molecule has 4 nitrogen and oxygen atoms in total. The Morgan fingerprint density at radius 2 is 2.05 bits per heavy atom. The van der Waals surface area contributed by atoms with Crippen molar-refractivity contribution in [1.82, 2.24) is 4.98 Å². The van der Waals surface area contributed by atoms with Gasteiger partial charge in [0.2, 0.25) is 0 Å². The fourth-order valence-electron chi connectivity index (χ4n) is 1.97. The van der Waals surface area contributed by atoms with E-state index in [1.807, 2.05) is 24.3 Å². The van der Waals surface area contributed by atoms with E-state index < -0.39 is 6.10 Å². The maximum Gasteiger partial charge on any atom is 0.142 e. The zero-order valence-corrected chi connectivity index (χ0v) is 11.0. The minimum atomic E-state index is -0.634. The van der Waals surface area contributed by atoms with Crippen molar-refractivity contribution < 1.29 is 14.6 Å². The van der Waals surface area contributed by atoms with Crippen LogP contribution >= 0.6 is 0 Å². The van der Waals surface area contributed by atoms with Crippen LogP contribution in [0.2, 0.25) is 0 Å². The molecule has 4 heteroatoms. The van der Waals surface area contributed by atoms with E-state index in [-0.39, 0.29) is 0 Å². The van der Waals surface area contributed by atoms with Gasteiger partial charge in [0.1, 0.15) is 11.5 Å². The summed E-state index contributed by atoms with van der Waals surface area (Å²) in [4.78, 5) is 3.98. The highest BCUT2D eigenvalue weighted by atomic mass is 16.5. The maximum atomic E-state index is 10.3. The van der Waals surface area contributed by atoms with Crippen molar-refractivity contribution in [3.05, 3.63) is 53.9 Å². The standard InChI is InChI=1S/C15H17NO3/c1-18-12-5-3-4-11(8-12)9-14(17)13-6-7-16-10-15(13)19-2/h3-8,10,14,17H,9H2,1-2H3. The van der Waals surface area contributed by atoms with Crippen LogP contribution in [0.1, 0.15) is 17.2 Å². The lowest BCUT2D eigenvalue weighted by Gasteiger charge is -2.14. The van der Waals surface area contributed by atoms with Crippen molar-refractivity contribution in [2.24, 2.45) is 0 Å². The molecule has 0 saturated heterocycles. The molecule has 1 unspecified atom stereocenters. The average molecular weight is 259 g/mol. The first-order valence-electron chi connectivity index (χ1n) is 6.03. The minimum Gasteiger partial charge on any atom is -0.497 e. The Bertz CT molecular complexity index is 542. The second kappa shape index (κ2) is 6.20. The van der Waals surface area contributed by atoms with Gasteiger partial charge in [0.05, 0.1) is 26.5 Å². The van der Waals surface area contributed by atoms with E-state index in [1.165, 1.54) is 0 Å². The van der Waals surface area contributed by atoms with E-state index in [4.69, 9.17) is 9.47 Å². The van der Waals surface area contributed by atoms with Gasteiger partial charge in [-0.3, -0.25) is 4.98 Å². The highest BCUT2D eigenvalue weighted by molar-refractivity contribution is 5.34. The number of aliphatic hydroxyl groups is 1. The molecule has 0 aliphatic heterocycles. The fourth-order valence-corrected chi connectivity index (χ4v) is 1.97. The van der Waals surface area contributed by atoms with Gasteiger partial charge in [-0.15, -0.1) is 0 Å². The van der Waals surface area contributed by atoms with Crippen molar-refractivity contribution in [3.63, 3.8) is 0 Å². The van der Waals surface area contributed by atoms with Crippen LogP contribution < -0.4 is 9.47 Å². The van der Waals surface area contributed by atoms with E-state index in [2.05, 4.69) is 4.98 Å². The number of hydrogen-bond donors (Lipinski definition) is 1. The molecule has 0 fully saturated rings. The number of ether oxygens (including phenoxy) is 2. The molecule has 100 valence electrons. The summed E-state index contributed by atoms with van der Waals surface area (Å²) in [5.74, 6) is 1.38. The molecule has 1 heterocycles. The lowest BCUT2D eigenvalue weighted by atomic mass is 10.0. The third-order valence-electron chi connectivity index (χ3n) is 2.96. The number of aliphatic hydroxyl groups excluding tert-OH is 1. The van der Waals surface area contributed by atoms with E-state index in [0.29, 0.717) is 12.2 Å². The molecule has 2 rings (SSSR count). The maximum absolute atomic E-state index is 10.3. The van der Waals surface area contributed by atoms with Crippen LogP contribution in [0.5, 0.6) is 11.5 Å². The number of aromatic nitrogens is 1. The quantitative estimate of drug-likeness (QED) is 0.895. The summed E-state index contributed by atoms with van der Waals surface area (Å²) in [6.07, 6.45) is 3.11. The predicted octanol–water partition coefficient (Wildman–Crippen LogP) is 2.37. The summed E-state index contributed by atoms with van der Waals surface area (Å²) < 4.78 is 10.4. The lowest BCUT2D eigenvalue weighted by Crippen LogP contribution is -2.04. The SMILES string of the molecule is COc1cccc(CC(O)c2ccncc2OC)c1. The van der Waals surface area contributed by atoms with Crippen molar-refractivity contribution >= 4 is 0 Å². The molecule has 0 spiro atoms. The Balaban J connectivity index is 2.18. The first kappa shape index (κ1) is 13.4. The molecule has 1 aromatic carbocycles. The third-order valence-corrected chi connectivity index (χ3v) is 2.96. The Labute approximate surface area is 112 Å². The van der Waals surface area contributed by atoms with Crippen LogP contribution in [-0.2, 0) is 6.42 Å². The molecular weight excluding hydrogens is 242 g/mol. The van der Waals surface area contributed by atoms with Gasteiger partial charge in [-0.25, -0.2) is 0 Å². The molecule has 0 bridgehead atoms. The Morgan fingerprint density at radius 1 is 1.21 bits per heavy atom. The third kappa shape index (κ3) is 3.23. The molecule has 2 aromatic rings. The molecule has 1 N–H and O–H groups in total. The molecule has 0 radical (unpaired) electrons. The van der Waals surface area contributed by atoms with Gasteiger partial charge < -0.3 is 14.6 Å². The second-order valence-electron chi connectivity index (χ2n) is 4.19. The Morgan fingerprint density at radius 3 is 2.79 bits per heavy atom. The van der Waals surface area contributed by atoms with Gasteiger partial charge >= 0.3 is 0 Å². The number of hydrogen-bond acceptors (Lipinski definition) is 4. The summed E-state index contributed by atoms with van der Waals surface area (Å²) >= 11 is 0. The number of nitrogens with zero attached hydrogens (tertiary/aromatic N) is 1. The summed E-state index contributed by atoms with van der Waals surface area (Å²) in [6.45, 7) is 0. The first-order valence-corrected chi connectivity index (χ1v) is 6.03. The molecule has 0 aliphatic carbocycles. The van der Waals surface area contributed by atoms with Gasteiger partial charge in [0.25, 0.3) is 0 Å². The van der Waals surface area contributed by atoms with Gasteiger partial charge in [-0.2, -0.15) is 0 Å². The molecule has 0 amide bonds. The van der Waals surface area contributed by atoms with Crippen molar-refractivity contribution in [2.75, 3.05) is 14.2 Å². The second-order valence-corrected chi connectivity index (χ2v) is 4.19. The smallest absolute Gasteiger partial charge is 0.142 e. The zero-order chi connectivity index (χ0) is 13.7. The fraction of sp³-hybridized carbons (Fsp3) is 0.267. The van der Waals surface area contributed by atoms with Crippen LogP contribution in [-0.4, -0.2) is 24.3 Å². The number of pyridine rings is 1. The topological polar surface area (TPSA) is 51.6 Å². The van der Waals surface area contributed by atoms with E-state index >= 15 is 0 Å². The van der Waals surface area contributed by atoms with Crippen LogP contribution in [0.4, 0.5) is 0 Å². The van der Waals surface area contributed by atoms with E-state index in [9.17, 15) is 5.11 Å². The molecule has 1 aromatic heterocycles. The summed E-state index contributed by atoms with van der Waals surface area (Å²) in [7, 11) is 3.19. The number of benzene rings is 1. The number of rotatable bonds is 5. The van der Waals surface area contributed by atoms with Crippen LogP contribution in [0.25, 0.3) is 0 Å². The monoisotopic (exact) mass is 259 g/mol. The lowest BCUT2D eigenvalue weighted by molar-refractivity contribution is 0.173. The zero-order valence-electron chi connectivity index (χ0n) is 11.0. The van der Waals surface area contributed by atoms with E-state index in [1.54, 1.807) is 32.7 Å². The largest absolute Gasteiger partial charge is 0.497 e.